The van der Waals surface area contributed by atoms with Gasteiger partial charge in [0.25, 0.3) is 0 Å². The minimum Gasteiger partial charge on any atom is -0.377 e. The molecule has 0 radical (unpaired) electrons. The lowest BCUT2D eigenvalue weighted by atomic mass is 9.94. The number of rotatable bonds is 3. The van der Waals surface area contributed by atoms with E-state index in [1.165, 1.54) is 5.57 Å². The Kier molecular flexibility index (Phi) is 4.00. The monoisotopic (exact) mass is 225 g/mol. The quantitative estimate of drug-likeness (QED) is 0.744. The lowest BCUT2D eigenvalue weighted by Gasteiger charge is -2.36. The van der Waals surface area contributed by atoms with Gasteiger partial charge in [0.1, 0.15) is 0 Å². The molecular weight excluding hydrogens is 202 g/mol. The number of hydrogen-bond acceptors (Lipinski definition) is 3. The van der Waals surface area contributed by atoms with Gasteiger partial charge in [0.15, 0.2) is 0 Å². The molecule has 3 heteroatoms. The summed E-state index contributed by atoms with van der Waals surface area (Å²) in [4.78, 5) is 0. The fourth-order valence-electron chi connectivity index (χ4n) is 2.41. The summed E-state index contributed by atoms with van der Waals surface area (Å²) in [6.45, 7) is 7.88. The Labute approximate surface area is 98.2 Å². The maximum absolute atomic E-state index is 5.71. The summed E-state index contributed by atoms with van der Waals surface area (Å²) in [6, 6.07) is 0.589. The molecule has 0 bridgehead atoms. The molecule has 1 atom stereocenters. The maximum atomic E-state index is 5.71. The summed E-state index contributed by atoms with van der Waals surface area (Å²) in [5.74, 6) is 0. The van der Waals surface area contributed by atoms with Crippen LogP contribution in [-0.4, -0.2) is 38.0 Å². The Hall–Kier alpha value is -0.380. The summed E-state index contributed by atoms with van der Waals surface area (Å²) < 4.78 is 11.1. The standard InChI is InChI=1S/C13H23NO2/c1-13(2)8-12(5-7-16-13)14-9-11-4-3-6-15-10-11/h4,12,14H,3,5-10H2,1-2H3. The number of hydrogen-bond donors (Lipinski definition) is 1. The molecule has 2 aliphatic heterocycles. The van der Waals surface area contributed by atoms with E-state index in [1.54, 1.807) is 0 Å². The average molecular weight is 225 g/mol. The first-order chi connectivity index (χ1) is 7.66. The summed E-state index contributed by atoms with van der Waals surface area (Å²) in [7, 11) is 0. The summed E-state index contributed by atoms with van der Waals surface area (Å²) in [6.07, 6.45) is 5.59. The lowest BCUT2D eigenvalue weighted by molar-refractivity contribution is -0.0625. The van der Waals surface area contributed by atoms with Crippen molar-refractivity contribution in [1.29, 1.82) is 0 Å². The van der Waals surface area contributed by atoms with Crippen LogP contribution in [0.3, 0.4) is 0 Å². The van der Waals surface area contributed by atoms with Crippen molar-refractivity contribution in [3.05, 3.63) is 11.6 Å². The molecule has 0 saturated carbocycles. The highest BCUT2D eigenvalue weighted by molar-refractivity contribution is 5.07. The van der Waals surface area contributed by atoms with Crippen molar-refractivity contribution >= 4 is 0 Å². The second kappa shape index (κ2) is 5.30. The van der Waals surface area contributed by atoms with Crippen molar-refractivity contribution in [3.8, 4) is 0 Å². The molecular formula is C13H23NO2. The highest BCUT2D eigenvalue weighted by Crippen LogP contribution is 2.23. The van der Waals surface area contributed by atoms with Crippen LogP contribution in [0.25, 0.3) is 0 Å². The third kappa shape index (κ3) is 3.58. The van der Waals surface area contributed by atoms with Crippen LogP contribution in [0.15, 0.2) is 11.6 Å². The van der Waals surface area contributed by atoms with Crippen LogP contribution in [0.1, 0.15) is 33.1 Å². The summed E-state index contributed by atoms with van der Waals surface area (Å²) in [5.41, 5.74) is 1.43. The van der Waals surface area contributed by atoms with Crippen molar-refractivity contribution in [1.82, 2.24) is 5.32 Å². The van der Waals surface area contributed by atoms with E-state index in [0.29, 0.717) is 6.04 Å². The van der Waals surface area contributed by atoms with E-state index in [0.717, 1.165) is 45.6 Å². The molecule has 0 aromatic carbocycles. The second-order valence-electron chi connectivity index (χ2n) is 5.38. The molecule has 1 N–H and O–H groups in total. The Morgan fingerprint density at radius 3 is 3.00 bits per heavy atom. The zero-order valence-corrected chi connectivity index (χ0v) is 10.4. The largest absolute Gasteiger partial charge is 0.377 e. The first-order valence-electron chi connectivity index (χ1n) is 6.29. The third-order valence-corrected chi connectivity index (χ3v) is 3.30. The average Bonchev–Trinajstić information content (AvgIpc) is 2.27. The van der Waals surface area contributed by atoms with Gasteiger partial charge in [-0.1, -0.05) is 6.08 Å². The van der Waals surface area contributed by atoms with Crippen LogP contribution in [0.2, 0.25) is 0 Å². The normalized spacial score (nSPS) is 29.9. The van der Waals surface area contributed by atoms with Gasteiger partial charge >= 0.3 is 0 Å². The van der Waals surface area contributed by atoms with Gasteiger partial charge in [-0.15, -0.1) is 0 Å². The van der Waals surface area contributed by atoms with Crippen LogP contribution >= 0.6 is 0 Å². The van der Waals surface area contributed by atoms with Crippen molar-refractivity contribution in [2.45, 2.75) is 44.8 Å². The van der Waals surface area contributed by atoms with Gasteiger partial charge in [0.2, 0.25) is 0 Å². The van der Waals surface area contributed by atoms with Crippen molar-refractivity contribution in [2.75, 3.05) is 26.4 Å². The van der Waals surface area contributed by atoms with Gasteiger partial charge in [-0.2, -0.15) is 0 Å². The SMILES string of the molecule is CC1(C)CC(NCC2=CCCOC2)CCO1. The molecule has 2 rings (SSSR count). The molecule has 1 saturated heterocycles. The summed E-state index contributed by atoms with van der Waals surface area (Å²) in [5, 5.41) is 3.62. The molecule has 92 valence electrons. The number of ether oxygens (including phenoxy) is 2. The van der Waals surface area contributed by atoms with E-state index in [2.05, 4.69) is 25.2 Å². The predicted molar refractivity (Wildman–Crippen MR) is 64.6 cm³/mol. The molecule has 0 spiro atoms. The van der Waals surface area contributed by atoms with Gasteiger partial charge in [0, 0.05) is 19.2 Å². The topological polar surface area (TPSA) is 30.5 Å². The predicted octanol–water partition coefficient (Wildman–Crippen LogP) is 1.88. The Morgan fingerprint density at radius 2 is 2.31 bits per heavy atom. The fraction of sp³-hybridized carbons (Fsp3) is 0.846. The highest BCUT2D eigenvalue weighted by atomic mass is 16.5. The Morgan fingerprint density at radius 1 is 1.44 bits per heavy atom. The minimum atomic E-state index is 0.0351. The molecule has 0 aromatic rings. The van der Waals surface area contributed by atoms with Crippen LogP contribution in [0.4, 0.5) is 0 Å². The zero-order valence-electron chi connectivity index (χ0n) is 10.4. The molecule has 2 aliphatic rings. The molecule has 2 heterocycles. The van der Waals surface area contributed by atoms with Crippen LogP contribution in [0, 0.1) is 0 Å². The van der Waals surface area contributed by atoms with Gasteiger partial charge < -0.3 is 14.8 Å². The van der Waals surface area contributed by atoms with Gasteiger partial charge in [-0.25, -0.2) is 0 Å². The maximum Gasteiger partial charge on any atom is 0.0689 e. The highest BCUT2D eigenvalue weighted by Gasteiger charge is 2.28. The molecule has 1 fully saturated rings. The lowest BCUT2D eigenvalue weighted by Crippen LogP contribution is -2.44. The van der Waals surface area contributed by atoms with Crippen molar-refractivity contribution < 1.29 is 9.47 Å². The summed E-state index contributed by atoms with van der Waals surface area (Å²) >= 11 is 0. The van der Waals surface area contributed by atoms with Gasteiger partial charge in [-0.05, 0) is 38.7 Å². The zero-order chi connectivity index (χ0) is 11.4. The van der Waals surface area contributed by atoms with E-state index >= 15 is 0 Å². The van der Waals surface area contributed by atoms with Crippen LogP contribution < -0.4 is 5.32 Å². The van der Waals surface area contributed by atoms with Crippen molar-refractivity contribution in [2.24, 2.45) is 0 Å². The smallest absolute Gasteiger partial charge is 0.0689 e. The molecule has 0 amide bonds. The molecule has 0 aromatic heterocycles. The molecule has 0 aliphatic carbocycles. The van der Waals surface area contributed by atoms with E-state index in [9.17, 15) is 0 Å². The molecule has 3 nitrogen and oxygen atoms in total. The fourth-order valence-corrected chi connectivity index (χ4v) is 2.41. The molecule has 16 heavy (non-hydrogen) atoms. The third-order valence-electron chi connectivity index (χ3n) is 3.30. The van der Waals surface area contributed by atoms with Crippen LogP contribution in [-0.2, 0) is 9.47 Å². The number of nitrogens with one attached hydrogen (secondary N) is 1. The van der Waals surface area contributed by atoms with E-state index < -0.39 is 0 Å². The van der Waals surface area contributed by atoms with E-state index in [4.69, 9.17) is 9.47 Å². The Bertz CT molecular complexity index is 261. The Balaban J connectivity index is 1.75. The van der Waals surface area contributed by atoms with Gasteiger partial charge in [0.05, 0.1) is 18.8 Å². The first-order valence-corrected chi connectivity index (χ1v) is 6.29. The van der Waals surface area contributed by atoms with E-state index in [-0.39, 0.29) is 5.60 Å². The van der Waals surface area contributed by atoms with Crippen molar-refractivity contribution in [3.63, 3.8) is 0 Å². The second-order valence-corrected chi connectivity index (χ2v) is 5.38. The molecule has 1 unspecified atom stereocenters. The minimum absolute atomic E-state index is 0.0351. The first kappa shape index (κ1) is 12.1. The van der Waals surface area contributed by atoms with Crippen LogP contribution in [0.5, 0.6) is 0 Å². The van der Waals surface area contributed by atoms with Gasteiger partial charge in [-0.3, -0.25) is 0 Å². The van der Waals surface area contributed by atoms with E-state index in [1.807, 2.05) is 0 Å².